The van der Waals surface area contributed by atoms with Crippen LogP contribution in [0.2, 0.25) is 0 Å². The Morgan fingerprint density at radius 3 is 2.50 bits per heavy atom. The van der Waals surface area contributed by atoms with Gasteiger partial charge in [0.2, 0.25) is 0 Å². The Hall–Kier alpha value is -3.42. The zero-order chi connectivity index (χ0) is 20.7. The second kappa shape index (κ2) is 7.12. The molecule has 152 valence electrons. The van der Waals surface area contributed by atoms with E-state index in [9.17, 15) is 13.2 Å². The van der Waals surface area contributed by atoms with Gasteiger partial charge in [-0.2, -0.15) is 18.3 Å². The average Bonchev–Trinajstić information content (AvgIpc) is 3.16. The predicted octanol–water partition coefficient (Wildman–Crippen LogP) is 5.66. The fourth-order valence-corrected chi connectivity index (χ4v) is 3.91. The van der Waals surface area contributed by atoms with E-state index in [0.29, 0.717) is 11.6 Å². The maximum atomic E-state index is 13.6. The van der Waals surface area contributed by atoms with Gasteiger partial charge in [0.1, 0.15) is 5.82 Å². The molecule has 1 aliphatic rings. The van der Waals surface area contributed by atoms with E-state index in [2.05, 4.69) is 25.5 Å². The number of para-hydroxylation sites is 1. The van der Waals surface area contributed by atoms with Gasteiger partial charge in [0.05, 0.1) is 11.1 Å². The standard InChI is InChI=1S/C22H18F3N5/c23-22(24,25)16-10-4-1-7-13(16)19-26-17-11-5-2-8-14(17)20(27-19)28-21-15-9-3-6-12-18(15)29-30-21/h1,3-4,6-7,9-10,12H,2,5,8,11H2,(H2,26,27,28,29,30). The molecule has 0 aliphatic heterocycles. The van der Waals surface area contributed by atoms with Gasteiger partial charge in [0.25, 0.3) is 0 Å². The number of hydrogen-bond acceptors (Lipinski definition) is 4. The van der Waals surface area contributed by atoms with Crippen LogP contribution in [0, 0.1) is 0 Å². The summed E-state index contributed by atoms with van der Waals surface area (Å²) in [6, 6.07) is 13.1. The van der Waals surface area contributed by atoms with Gasteiger partial charge in [-0.05, 0) is 43.9 Å². The molecule has 0 spiro atoms. The maximum Gasteiger partial charge on any atom is 0.417 e. The third kappa shape index (κ3) is 3.28. The molecular weight excluding hydrogens is 391 g/mol. The molecule has 30 heavy (non-hydrogen) atoms. The second-order valence-corrected chi connectivity index (χ2v) is 7.31. The van der Waals surface area contributed by atoms with Crippen molar-refractivity contribution in [2.75, 3.05) is 5.32 Å². The fourth-order valence-electron chi connectivity index (χ4n) is 3.91. The number of H-pyrrole nitrogens is 1. The van der Waals surface area contributed by atoms with E-state index in [4.69, 9.17) is 0 Å². The first-order valence-electron chi connectivity index (χ1n) is 9.77. The van der Waals surface area contributed by atoms with Gasteiger partial charge in [-0.15, -0.1) is 0 Å². The van der Waals surface area contributed by atoms with Crippen LogP contribution < -0.4 is 5.32 Å². The van der Waals surface area contributed by atoms with Crippen LogP contribution in [0.4, 0.5) is 24.8 Å². The van der Waals surface area contributed by atoms with Crippen LogP contribution >= 0.6 is 0 Å². The van der Waals surface area contributed by atoms with E-state index in [1.807, 2.05) is 24.3 Å². The summed E-state index contributed by atoms with van der Waals surface area (Å²) in [6.07, 6.45) is -1.04. The Bertz CT molecular complexity index is 1230. The largest absolute Gasteiger partial charge is 0.417 e. The Labute approximate surface area is 170 Å². The van der Waals surface area contributed by atoms with E-state index < -0.39 is 11.7 Å². The van der Waals surface area contributed by atoms with Crippen LogP contribution in [0.15, 0.2) is 48.5 Å². The number of rotatable bonds is 3. The number of hydrogen-bond donors (Lipinski definition) is 2. The molecule has 0 radical (unpaired) electrons. The van der Waals surface area contributed by atoms with Crippen molar-refractivity contribution in [2.24, 2.45) is 0 Å². The molecule has 0 atom stereocenters. The molecular formula is C22H18F3N5. The molecule has 0 saturated heterocycles. The highest BCUT2D eigenvalue weighted by molar-refractivity contribution is 5.91. The van der Waals surface area contributed by atoms with Crippen molar-refractivity contribution in [1.29, 1.82) is 0 Å². The summed E-state index contributed by atoms with van der Waals surface area (Å²) in [5, 5.41) is 11.4. The number of benzene rings is 2. The summed E-state index contributed by atoms with van der Waals surface area (Å²) < 4.78 is 40.7. The predicted molar refractivity (Wildman–Crippen MR) is 108 cm³/mol. The molecule has 0 saturated carbocycles. The lowest BCUT2D eigenvalue weighted by Gasteiger charge is -2.20. The average molecular weight is 409 g/mol. The van der Waals surface area contributed by atoms with E-state index in [-0.39, 0.29) is 11.4 Å². The third-order valence-electron chi connectivity index (χ3n) is 5.36. The molecule has 0 unspecified atom stereocenters. The second-order valence-electron chi connectivity index (χ2n) is 7.31. The Kier molecular flexibility index (Phi) is 4.42. The van der Waals surface area contributed by atoms with Crippen molar-refractivity contribution in [2.45, 2.75) is 31.9 Å². The Morgan fingerprint density at radius 2 is 1.63 bits per heavy atom. The summed E-state index contributed by atoms with van der Waals surface area (Å²) in [6.45, 7) is 0. The van der Waals surface area contributed by atoms with E-state index in [0.717, 1.165) is 53.9 Å². The molecule has 2 heterocycles. The number of aromatic amines is 1. The van der Waals surface area contributed by atoms with Crippen LogP contribution in [0.1, 0.15) is 29.7 Å². The minimum atomic E-state index is -4.48. The third-order valence-corrected chi connectivity index (χ3v) is 5.36. The molecule has 2 aromatic heterocycles. The summed E-state index contributed by atoms with van der Waals surface area (Å²) in [5.41, 5.74) is 1.85. The first-order chi connectivity index (χ1) is 14.5. The smallest absolute Gasteiger partial charge is 0.323 e. The van der Waals surface area contributed by atoms with Crippen molar-refractivity contribution in [3.05, 3.63) is 65.4 Å². The van der Waals surface area contributed by atoms with Gasteiger partial charge >= 0.3 is 6.18 Å². The van der Waals surface area contributed by atoms with Crippen LogP contribution in [-0.2, 0) is 19.0 Å². The van der Waals surface area contributed by atoms with Gasteiger partial charge < -0.3 is 5.32 Å². The minimum Gasteiger partial charge on any atom is -0.323 e. The number of fused-ring (bicyclic) bond motifs is 2. The number of nitrogens with zero attached hydrogens (tertiary/aromatic N) is 3. The van der Waals surface area contributed by atoms with Crippen molar-refractivity contribution in [1.82, 2.24) is 20.2 Å². The van der Waals surface area contributed by atoms with Crippen LogP contribution in [-0.4, -0.2) is 20.2 Å². The molecule has 1 aliphatic carbocycles. The van der Waals surface area contributed by atoms with Gasteiger partial charge in [-0.25, -0.2) is 9.97 Å². The maximum absolute atomic E-state index is 13.6. The monoisotopic (exact) mass is 409 g/mol. The molecule has 0 fully saturated rings. The van der Waals surface area contributed by atoms with Crippen LogP contribution in [0.5, 0.6) is 0 Å². The first kappa shape index (κ1) is 18.6. The summed E-state index contributed by atoms with van der Waals surface area (Å²) in [4.78, 5) is 9.07. The topological polar surface area (TPSA) is 66.5 Å². The molecule has 5 nitrogen and oxygen atoms in total. The fraction of sp³-hybridized carbons (Fsp3) is 0.227. The zero-order valence-electron chi connectivity index (χ0n) is 15.9. The van der Waals surface area contributed by atoms with Gasteiger partial charge in [0, 0.05) is 22.2 Å². The number of aryl methyl sites for hydroxylation is 1. The zero-order valence-corrected chi connectivity index (χ0v) is 15.9. The summed E-state index contributed by atoms with van der Waals surface area (Å²) in [7, 11) is 0. The molecule has 4 aromatic rings. The number of aromatic nitrogens is 4. The van der Waals surface area contributed by atoms with Gasteiger partial charge in [0.15, 0.2) is 11.6 Å². The molecule has 5 rings (SSSR count). The quantitative estimate of drug-likeness (QED) is 0.458. The summed E-state index contributed by atoms with van der Waals surface area (Å²) in [5.74, 6) is 1.18. The molecule has 0 bridgehead atoms. The molecule has 0 amide bonds. The lowest BCUT2D eigenvalue weighted by atomic mass is 9.95. The molecule has 2 N–H and O–H groups in total. The van der Waals surface area contributed by atoms with Crippen molar-refractivity contribution >= 4 is 22.5 Å². The molecule has 2 aromatic carbocycles. The highest BCUT2D eigenvalue weighted by Crippen LogP contribution is 2.38. The van der Waals surface area contributed by atoms with E-state index in [1.165, 1.54) is 12.1 Å². The molecule has 8 heteroatoms. The van der Waals surface area contributed by atoms with Crippen molar-refractivity contribution in [3.8, 4) is 11.4 Å². The minimum absolute atomic E-state index is 0.0201. The number of anilines is 2. The SMILES string of the molecule is FC(F)(F)c1ccccc1-c1nc2c(c(Nc3n[nH]c4ccccc34)n1)CCCC2. The van der Waals surface area contributed by atoms with Crippen LogP contribution in [0.3, 0.4) is 0 Å². The van der Waals surface area contributed by atoms with E-state index >= 15 is 0 Å². The Balaban J connectivity index is 1.65. The van der Waals surface area contributed by atoms with E-state index in [1.54, 1.807) is 6.07 Å². The highest BCUT2D eigenvalue weighted by Gasteiger charge is 2.34. The van der Waals surface area contributed by atoms with Crippen molar-refractivity contribution < 1.29 is 13.2 Å². The number of alkyl halides is 3. The normalized spacial score (nSPS) is 14.0. The number of nitrogens with one attached hydrogen (secondary N) is 2. The van der Waals surface area contributed by atoms with Gasteiger partial charge in [-0.1, -0.05) is 30.3 Å². The first-order valence-corrected chi connectivity index (χ1v) is 9.77. The van der Waals surface area contributed by atoms with Crippen molar-refractivity contribution in [3.63, 3.8) is 0 Å². The number of halogens is 3. The summed E-state index contributed by atoms with van der Waals surface area (Å²) >= 11 is 0. The lowest BCUT2D eigenvalue weighted by Crippen LogP contribution is -2.14. The lowest BCUT2D eigenvalue weighted by molar-refractivity contribution is -0.137. The highest BCUT2D eigenvalue weighted by atomic mass is 19.4. The van der Waals surface area contributed by atoms with Crippen LogP contribution in [0.25, 0.3) is 22.3 Å². The van der Waals surface area contributed by atoms with Gasteiger partial charge in [-0.3, -0.25) is 5.10 Å². The Morgan fingerprint density at radius 1 is 0.867 bits per heavy atom.